The summed E-state index contributed by atoms with van der Waals surface area (Å²) in [6, 6.07) is 8.21. The lowest BCUT2D eigenvalue weighted by Gasteiger charge is -2.15. The SMILES string of the molecule is CCc1ccc([C@H](C)NC(=O)CCn2cnc3sc(C)c(C)c3c2=O)cc1. The molecule has 3 rings (SSSR count). The summed E-state index contributed by atoms with van der Waals surface area (Å²) >= 11 is 1.53. The standard InChI is InChI=1S/C21H25N3O2S/c1-5-16-6-8-17(9-7-16)14(3)23-18(25)10-11-24-12-22-20-19(21(24)26)13(2)15(4)27-20/h6-9,12,14H,5,10-11H2,1-4H3,(H,23,25)/t14-/m0/s1. The van der Waals surface area contributed by atoms with Crippen molar-refractivity contribution >= 4 is 27.5 Å². The molecule has 1 N–H and O–H groups in total. The van der Waals surface area contributed by atoms with E-state index in [9.17, 15) is 9.59 Å². The first kappa shape index (κ1) is 19.3. The summed E-state index contributed by atoms with van der Waals surface area (Å²) < 4.78 is 1.53. The van der Waals surface area contributed by atoms with Crippen LogP contribution < -0.4 is 10.9 Å². The van der Waals surface area contributed by atoms with Crippen LogP contribution in [-0.2, 0) is 17.8 Å². The van der Waals surface area contributed by atoms with E-state index in [1.54, 1.807) is 6.33 Å². The Hall–Kier alpha value is -2.47. The van der Waals surface area contributed by atoms with Gasteiger partial charge in [0.1, 0.15) is 4.83 Å². The highest BCUT2D eigenvalue weighted by molar-refractivity contribution is 7.18. The summed E-state index contributed by atoms with van der Waals surface area (Å²) in [4.78, 5) is 31.2. The zero-order chi connectivity index (χ0) is 19.6. The largest absolute Gasteiger partial charge is 0.350 e. The van der Waals surface area contributed by atoms with E-state index in [4.69, 9.17) is 0 Å². The Labute approximate surface area is 163 Å². The highest BCUT2D eigenvalue weighted by Crippen LogP contribution is 2.25. The van der Waals surface area contributed by atoms with E-state index < -0.39 is 0 Å². The second-order valence-electron chi connectivity index (χ2n) is 6.84. The van der Waals surface area contributed by atoms with Crippen LogP contribution in [0.15, 0.2) is 35.4 Å². The molecule has 1 atom stereocenters. The maximum atomic E-state index is 12.7. The van der Waals surface area contributed by atoms with Gasteiger partial charge in [-0.25, -0.2) is 4.98 Å². The van der Waals surface area contributed by atoms with Crippen molar-refractivity contribution in [3.8, 4) is 0 Å². The minimum Gasteiger partial charge on any atom is -0.350 e. The topological polar surface area (TPSA) is 64.0 Å². The number of hydrogen-bond acceptors (Lipinski definition) is 4. The first-order chi connectivity index (χ1) is 12.9. The van der Waals surface area contributed by atoms with Gasteiger partial charge in [0.25, 0.3) is 5.56 Å². The molecular weight excluding hydrogens is 358 g/mol. The molecular formula is C21H25N3O2S. The second-order valence-corrected chi connectivity index (χ2v) is 8.04. The average molecular weight is 384 g/mol. The Bertz CT molecular complexity index is 1020. The maximum absolute atomic E-state index is 12.7. The van der Waals surface area contributed by atoms with E-state index in [-0.39, 0.29) is 23.9 Å². The lowest BCUT2D eigenvalue weighted by Crippen LogP contribution is -2.29. The fourth-order valence-electron chi connectivity index (χ4n) is 3.09. The quantitative estimate of drug-likeness (QED) is 0.702. The molecule has 142 valence electrons. The van der Waals surface area contributed by atoms with Gasteiger partial charge in [-0.3, -0.25) is 14.2 Å². The summed E-state index contributed by atoms with van der Waals surface area (Å²) in [6.45, 7) is 8.35. The predicted octanol–water partition coefficient (Wildman–Crippen LogP) is 3.90. The van der Waals surface area contributed by atoms with Gasteiger partial charge in [-0.1, -0.05) is 31.2 Å². The van der Waals surface area contributed by atoms with Crippen molar-refractivity contribution in [1.29, 1.82) is 0 Å². The Kier molecular flexibility index (Phi) is 5.75. The zero-order valence-corrected chi connectivity index (χ0v) is 17.0. The number of aryl methyl sites for hydroxylation is 4. The molecule has 0 unspecified atom stereocenters. The fraction of sp³-hybridized carbons (Fsp3) is 0.381. The molecule has 0 fully saturated rings. The fourth-order valence-corrected chi connectivity index (χ4v) is 4.08. The van der Waals surface area contributed by atoms with Gasteiger partial charge in [0.2, 0.25) is 5.91 Å². The van der Waals surface area contributed by atoms with E-state index >= 15 is 0 Å². The number of rotatable bonds is 6. The molecule has 3 aromatic rings. The number of nitrogens with zero attached hydrogens (tertiary/aromatic N) is 2. The lowest BCUT2D eigenvalue weighted by molar-refractivity contribution is -0.121. The van der Waals surface area contributed by atoms with E-state index in [2.05, 4.69) is 29.4 Å². The van der Waals surface area contributed by atoms with Crippen LogP contribution in [0.2, 0.25) is 0 Å². The van der Waals surface area contributed by atoms with Gasteiger partial charge < -0.3 is 5.32 Å². The predicted molar refractivity (Wildman–Crippen MR) is 110 cm³/mol. The van der Waals surface area contributed by atoms with Crippen LogP contribution in [0.5, 0.6) is 0 Å². The first-order valence-electron chi connectivity index (χ1n) is 9.24. The smallest absolute Gasteiger partial charge is 0.262 e. The molecule has 0 bridgehead atoms. The Balaban J connectivity index is 1.65. The van der Waals surface area contributed by atoms with Crippen molar-refractivity contribution in [2.75, 3.05) is 0 Å². The third-order valence-electron chi connectivity index (χ3n) is 5.00. The van der Waals surface area contributed by atoms with Crippen molar-refractivity contribution < 1.29 is 4.79 Å². The normalized spacial score (nSPS) is 12.3. The van der Waals surface area contributed by atoms with Crippen molar-refractivity contribution in [2.45, 2.75) is 53.1 Å². The number of benzene rings is 1. The molecule has 0 aliphatic rings. The third-order valence-corrected chi connectivity index (χ3v) is 6.12. The van der Waals surface area contributed by atoms with Gasteiger partial charge in [-0.05, 0) is 43.9 Å². The van der Waals surface area contributed by atoms with Crippen LogP contribution in [0.25, 0.3) is 10.2 Å². The minimum absolute atomic E-state index is 0.0671. The van der Waals surface area contributed by atoms with Gasteiger partial charge in [0.15, 0.2) is 0 Å². The van der Waals surface area contributed by atoms with Gasteiger partial charge in [-0.15, -0.1) is 11.3 Å². The Morgan fingerprint density at radius 1 is 1.26 bits per heavy atom. The van der Waals surface area contributed by atoms with Gasteiger partial charge >= 0.3 is 0 Å². The molecule has 1 aromatic carbocycles. The zero-order valence-electron chi connectivity index (χ0n) is 16.2. The van der Waals surface area contributed by atoms with Crippen LogP contribution in [0.3, 0.4) is 0 Å². The molecule has 6 heteroatoms. The molecule has 0 saturated heterocycles. The van der Waals surface area contributed by atoms with E-state index in [0.717, 1.165) is 27.3 Å². The van der Waals surface area contributed by atoms with Crippen molar-refractivity contribution in [3.05, 3.63) is 62.5 Å². The van der Waals surface area contributed by atoms with Gasteiger partial charge in [0, 0.05) is 17.8 Å². The van der Waals surface area contributed by atoms with Crippen molar-refractivity contribution in [3.63, 3.8) is 0 Å². The number of amides is 1. The Morgan fingerprint density at radius 3 is 2.63 bits per heavy atom. The lowest BCUT2D eigenvalue weighted by atomic mass is 10.0. The molecule has 5 nitrogen and oxygen atoms in total. The summed E-state index contributed by atoms with van der Waals surface area (Å²) in [5, 5.41) is 3.67. The molecule has 0 radical (unpaired) electrons. The molecule has 1 amide bonds. The number of hydrogen-bond donors (Lipinski definition) is 1. The number of aromatic nitrogens is 2. The maximum Gasteiger partial charge on any atom is 0.262 e. The number of nitrogens with one attached hydrogen (secondary N) is 1. The van der Waals surface area contributed by atoms with Gasteiger partial charge in [0.05, 0.1) is 17.8 Å². The van der Waals surface area contributed by atoms with Crippen molar-refractivity contribution in [1.82, 2.24) is 14.9 Å². The molecule has 0 spiro atoms. The van der Waals surface area contributed by atoms with Crippen LogP contribution in [-0.4, -0.2) is 15.5 Å². The highest BCUT2D eigenvalue weighted by Gasteiger charge is 2.14. The molecule has 0 saturated carbocycles. The van der Waals surface area contributed by atoms with Gasteiger partial charge in [-0.2, -0.15) is 0 Å². The second kappa shape index (κ2) is 8.05. The average Bonchev–Trinajstić information content (AvgIpc) is 2.96. The molecule has 0 aliphatic heterocycles. The number of carbonyl (C=O) groups is 1. The summed E-state index contributed by atoms with van der Waals surface area (Å²) in [6.07, 6.45) is 2.78. The summed E-state index contributed by atoms with van der Waals surface area (Å²) in [5.74, 6) is -0.0766. The molecule has 27 heavy (non-hydrogen) atoms. The monoisotopic (exact) mass is 383 g/mol. The molecule has 2 heterocycles. The van der Waals surface area contributed by atoms with Crippen LogP contribution in [0, 0.1) is 13.8 Å². The summed E-state index contributed by atoms with van der Waals surface area (Å²) in [5.41, 5.74) is 3.26. The Morgan fingerprint density at radius 2 is 1.96 bits per heavy atom. The number of thiophene rings is 1. The van der Waals surface area contributed by atoms with Crippen LogP contribution in [0.1, 0.15) is 47.9 Å². The summed E-state index contributed by atoms with van der Waals surface area (Å²) in [7, 11) is 0. The van der Waals surface area contributed by atoms with E-state index in [1.807, 2.05) is 32.9 Å². The highest BCUT2D eigenvalue weighted by atomic mass is 32.1. The minimum atomic E-state index is -0.0766. The first-order valence-corrected chi connectivity index (χ1v) is 10.1. The number of fused-ring (bicyclic) bond motifs is 1. The molecule has 0 aliphatic carbocycles. The van der Waals surface area contributed by atoms with Crippen LogP contribution >= 0.6 is 11.3 Å². The van der Waals surface area contributed by atoms with Crippen molar-refractivity contribution in [2.24, 2.45) is 0 Å². The third kappa shape index (κ3) is 4.11. The van der Waals surface area contributed by atoms with E-state index in [1.165, 1.54) is 21.5 Å². The van der Waals surface area contributed by atoms with Crippen LogP contribution in [0.4, 0.5) is 0 Å². The van der Waals surface area contributed by atoms with E-state index in [0.29, 0.717) is 11.9 Å². The number of carbonyl (C=O) groups excluding carboxylic acids is 1. The molecule has 2 aromatic heterocycles.